The lowest BCUT2D eigenvalue weighted by molar-refractivity contribution is -0.197. The molecule has 392 valence electrons. The molecule has 1 unspecified atom stereocenters. The molecule has 1 aliphatic carbocycles. The van der Waals surface area contributed by atoms with Crippen LogP contribution in [-0.4, -0.2) is 78.2 Å². The average Bonchev–Trinajstić information content (AvgIpc) is 3.90. The highest BCUT2D eigenvalue weighted by Gasteiger charge is 2.33. The summed E-state index contributed by atoms with van der Waals surface area (Å²) in [6.07, 6.45) is 6.73. The van der Waals surface area contributed by atoms with Gasteiger partial charge in [-0.2, -0.15) is 0 Å². The summed E-state index contributed by atoms with van der Waals surface area (Å²) in [5.74, 6) is 3.88. The second-order valence-corrected chi connectivity index (χ2v) is 18.5. The van der Waals surface area contributed by atoms with Crippen LogP contribution in [0.2, 0.25) is 0 Å². The molecule has 0 bridgehead atoms. The maximum atomic E-state index is 13.2. The molecule has 4 aromatic carbocycles. The summed E-state index contributed by atoms with van der Waals surface area (Å²) < 4.78 is 10.8. The van der Waals surface area contributed by atoms with Gasteiger partial charge in [-0.25, -0.2) is 9.59 Å². The van der Waals surface area contributed by atoms with Crippen molar-refractivity contribution in [2.45, 2.75) is 135 Å². The van der Waals surface area contributed by atoms with E-state index in [0.29, 0.717) is 63.1 Å². The second-order valence-electron chi connectivity index (χ2n) is 18.5. The van der Waals surface area contributed by atoms with E-state index in [0.717, 1.165) is 76.7 Å². The Bertz CT molecular complexity index is 2750. The molecule has 4 amide bonds. The van der Waals surface area contributed by atoms with E-state index < -0.39 is 35.9 Å². The van der Waals surface area contributed by atoms with Gasteiger partial charge in [0.05, 0.1) is 37.7 Å². The van der Waals surface area contributed by atoms with E-state index in [9.17, 15) is 38.4 Å². The SMILES string of the molecule is CC(=O)CCCCC(=O)N1Cc2ccccc2C#Cc2ccccc21.[N-]=[N+]=NCCCCC(NC(=O)OCC1c2ccccc2-c2ccccc21)C(=O)CCCCCCCOC(=O)CCC(=O)ON1C(=O)CCC1=O. The van der Waals surface area contributed by atoms with Crippen LogP contribution in [0.15, 0.2) is 102 Å². The third-order valence-corrected chi connectivity index (χ3v) is 13.0. The first-order valence-electron chi connectivity index (χ1n) is 25.8. The van der Waals surface area contributed by atoms with Crippen molar-refractivity contribution < 1.29 is 52.7 Å². The van der Waals surface area contributed by atoms with Gasteiger partial charge in [0, 0.05) is 60.6 Å². The maximum absolute atomic E-state index is 13.2. The molecule has 0 radical (unpaired) electrons. The summed E-state index contributed by atoms with van der Waals surface area (Å²) in [5, 5.41) is 6.75. The van der Waals surface area contributed by atoms with Crippen LogP contribution >= 0.6 is 0 Å². The van der Waals surface area contributed by atoms with Gasteiger partial charge in [0.15, 0.2) is 5.78 Å². The number of alkyl carbamates (subject to hydrolysis) is 1. The molecule has 1 saturated heterocycles. The van der Waals surface area contributed by atoms with Crippen molar-refractivity contribution in [2.24, 2.45) is 5.11 Å². The van der Waals surface area contributed by atoms with Crippen molar-refractivity contribution in [1.82, 2.24) is 10.4 Å². The van der Waals surface area contributed by atoms with E-state index in [-0.39, 0.29) is 68.7 Å². The zero-order valence-corrected chi connectivity index (χ0v) is 42.5. The summed E-state index contributed by atoms with van der Waals surface area (Å²) in [4.78, 5) is 106. The standard InChI is InChI=1S/C36H43N5O9.C22H21NO2/c37-40-38-22-10-9-16-30(39-36(47)49-24-29-27-14-7-5-12-25(27)26-13-6-8-15-28(26)29)31(42)17-4-2-1-3-11-23-48-34(45)20-21-35(46)50-41-32(43)18-19-33(41)44;1-17(24)8-2-7-13-22(25)23-16-20-11-4-3-9-18(20)14-15-19-10-5-6-12-21(19)23/h5-8,12-15,29-30H,1-4,9-11,16-24H2,(H,39,47);3-6,9-12H,2,7-8,13,16H2,1H3. The Balaban J connectivity index is 0.000000304. The third kappa shape index (κ3) is 17.3. The molecule has 17 nitrogen and oxygen atoms in total. The van der Waals surface area contributed by atoms with E-state index in [4.69, 9.17) is 19.8 Å². The average molecular weight is 1020 g/mol. The minimum Gasteiger partial charge on any atom is -0.466 e. The number of carbonyl (C=O) groups is 8. The Kier molecular flexibility index (Phi) is 22.2. The number of ether oxygens (including phenoxy) is 2. The first-order chi connectivity index (χ1) is 36.4. The smallest absolute Gasteiger partial charge is 0.407 e. The topological polar surface area (TPSA) is 232 Å². The number of hydrogen-bond donors (Lipinski definition) is 1. The molecule has 17 heteroatoms. The fraction of sp³-hybridized carbons (Fsp3) is 0.414. The Hall–Kier alpha value is -8.09. The van der Waals surface area contributed by atoms with Gasteiger partial charge in [0.25, 0.3) is 11.8 Å². The van der Waals surface area contributed by atoms with Gasteiger partial charge in [-0.15, -0.1) is 5.06 Å². The number of imide groups is 1. The number of rotatable bonds is 26. The molecule has 7 rings (SSSR count). The monoisotopic (exact) mass is 1020 g/mol. The fourth-order valence-electron chi connectivity index (χ4n) is 9.04. The largest absolute Gasteiger partial charge is 0.466 e. The quantitative estimate of drug-likeness (QED) is 0.0118. The van der Waals surface area contributed by atoms with Crippen molar-refractivity contribution in [3.63, 3.8) is 0 Å². The molecular formula is C58H64N6O11. The highest BCUT2D eigenvalue weighted by molar-refractivity contribution is 6.01. The van der Waals surface area contributed by atoms with E-state index in [1.807, 2.05) is 89.8 Å². The molecule has 1 atom stereocenters. The summed E-state index contributed by atoms with van der Waals surface area (Å²) in [6.45, 7) is 2.74. The van der Waals surface area contributed by atoms with Crippen LogP contribution in [0.25, 0.3) is 21.6 Å². The van der Waals surface area contributed by atoms with Gasteiger partial charge in [-0.05, 0) is 97.0 Å². The van der Waals surface area contributed by atoms with Crippen LogP contribution in [0.3, 0.4) is 0 Å². The van der Waals surface area contributed by atoms with Crippen LogP contribution < -0.4 is 10.2 Å². The molecule has 1 N–H and O–H groups in total. The molecule has 0 aromatic heterocycles. The predicted molar refractivity (Wildman–Crippen MR) is 279 cm³/mol. The Morgan fingerprint density at radius 3 is 2.00 bits per heavy atom. The number of hydrogen-bond acceptors (Lipinski definition) is 12. The maximum Gasteiger partial charge on any atom is 0.407 e. The zero-order valence-electron chi connectivity index (χ0n) is 42.5. The highest BCUT2D eigenvalue weighted by Crippen LogP contribution is 2.44. The second kappa shape index (κ2) is 29.6. The molecular weight excluding hydrogens is 957 g/mol. The van der Waals surface area contributed by atoms with Crippen molar-refractivity contribution in [3.05, 3.63) is 135 Å². The van der Waals surface area contributed by atoms with E-state index in [2.05, 4.69) is 39.3 Å². The van der Waals surface area contributed by atoms with Crippen LogP contribution in [0.1, 0.15) is 150 Å². The number of Topliss-reactive ketones (excluding diaryl/α,β-unsaturated/α-hetero) is 2. The molecule has 0 saturated carbocycles. The minimum atomic E-state index is -0.857. The van der Waals surface area contributed by atoms with E-state index in [1.165, 1.54) is 0 Å². The number of carbonyl (C=O) groups excluding carboxylic acids is 8. The van der Waals surface area contributed by atoms with Crippen molar-refractivity contribution in [2.75, 3.05) is 24.7 Å². The lowest BCUT2D eigenvalue weighted by Gasteiger charge is -2.26. The number of benzene rings is 4. The fourth-order valence-corrected chi connectivity index (χ4v) is 9.04. The van der Waals surface area contributed by atoms with Crippen molar-refractivity contribution in [3.8, 4) is 23.0 Å². The van der Waals surface area contributed by atoms with Gasteiger partial charge in [0.2, 0.25) is 5.91 Å². The van der Waals surface area contributed by atoms with Crippen LogP contribution in [0.5, 0.6) is 0 Å². The minimum absolute atomic E-state index is 0.00684. The Labute approximate surface area is 437 Å². The lowest BCUT2D eigenvalue weighted by Crippen LogP contribution is -2.41. The molecule has 75 heavy (non-hydrogen) atoms. The van der Waals surface area contributed by atoms with Gasteiger partial charge >= 0.3 is 18.0 Å². The third-order valence-electron chi connectivity index (χ3n) is 13.0. The van der Waals surface area contributed by atoms with Crippen LogP contribution in [0.4, 0.5) is 10.5 Å². The number of ketones is 2. The van der Waals surface area contributed by atoms with E-state index in [1.54, 1.807) is 6.92 Å². The van der Waals surface area contributed by atoms with Crippen LogP contribution in [-0.2, 0) is 54.4 Å². The number of nitrogens with one attached hydrogen (secondary N) is 1. The Morgan fingerprint density at radius 2 is 1.28 bits per heavy atom. The molecule has 4 aromatic rings. The number of hydroxylamine groups is 2. The molecule has 2 heterocycles. The summed E-state index contributed by atoms with van der Waals surface area (Å²) in [7, 11) is 0. The number of anilines is 1. The van der Waals surface area contributed by atoms with E-state index >= 15 is 0 Å². The predicted octanol–water partition coefficient (Wildman–Crippen LogP) is 10.3. The summed E-state index contributed by atoms with van der Waals surface area (Å²) in [6, 6.07) is 31.1. The summed E-state index contributed by atoms with van der Waals surface area (Å²) in [5.41, 5.74) is 16.7. The lowest BCUT2D eigenvalue weighted by atomic mass is 9.98. The number of azide groups is 1. The first kappa shape index (κ1) is 56.2. The molecule has 2 aliphatic heterocycles. The van der Waals surface area contributed by atoms with Gasteiger partial charge < -0.3 is 29.3 Å². The summed E-state index contributed by atoms with van der Waals surface area (Å²) >= 11 is 0. The molecule has 1 fully saturated rings. The number of para-hydroxylation sites is 1. The molecule has 0 spiro atoms. The number of unbranched alkanes of at least 4 members (excludes halogenated alkanes) is 6. The first-order valence-corrected chi connectivity index (χ1v) is 25.8. The highest BCUT2D eigenvalue weighted by atomic mass is 16.7. The van der Waals surface area contributed by atoms with Crippen molar-refractivity contribution >= 4 is 53.0 Å². The van der Waals surface area contributed by atoms with Gasteiger partial charge in [-0.1, -0.05) is 122 Å². The number of nitrogens with zero attached hydrogens (tertiary/aromatic N) is 5. The zero-order chi connectivity index (χ0) is 53.4. The normalized spacial score (nSPS) is 13.3. The van der Waals surface area contributed by atoms with Crippen molar-refractivity contribution in [1.29, 1.82) is 0 Å². The number of fused-ring (bicyclic) bond motifs is 5. The van der Waals surface area contributed by atoms with Gasteiger partial charge in [-0.3, -0.25) is 24.0 Å². The number of amides is 4. The van der Waals surface area contributed by atoms with Gasteiger partial charge in [0.1, 0.15) is 12.4 Å². The van der Waals surface area contributed by atoms with Crippen LogP contribution in [0, 0.1) is 11.8 Å². The Morgan fingerprint density at radius 1 is 0.680 bits per heavy atom. The number of esters is 1. The molecule has 3 aliphatic rings.